The number of morpholine rings is 1. The average Bonchev–Trinajstić information content (AvgIpc) is 3.24. The molecule has 5 rings (SSSR count). The van der Waals surface area contributed by atoms with Crippen molar-refractivity contribution in [2.75, 3.05) is 25.0 Å². The van der Waals surface area contributed by atoms with Gasteiger partial charge in [-0.05, 0) is 49.2 Å². The highest BCUT2D eigenvalue weighted by Gasteiger charge is 2.31. The first-order valence-electron chi connectivity index (χ1n) is 12.0. The summed E-state index contributed by atoms with van der Waals surface area (Å²) in [5.41, 5.74) is 2.54. The molecule has 7 nitrogen and oxygen atoms in total. The van der Waals surface area contributed by atoms with E-state index in [9.17, 15) is 9.18 Å². The second-order valence-electron chi connectivity index (χ2n) is 9.08. The minimum Gasteiger partial charge on any atom is -0.368 e. The molecule has 2 aliphatic rings. The van der Waals surface area contributed by atoms with Gasteiger partial charge in [-0.25, -0.2) is 14.4 Å². The number of amides is 1. The molecule has 3 aromatic rings. The summed E-state index contributed by atoms with van der Waals surface area (Å²) >= 11 is 0. The van der Waals surface area contributed by atoms with Crippen molar-refractivity contribution in [2.24, 2.45) is 13.0 Å². The Bertz CT molecular complexity index is 1140. The van der Waals surface area contributed by atoms with Crippen LogP contribution in [0, 0.1) is 11.7 Å². The number of benzene rings is 1. The van der Waals surface area contributed by atoms with Crippen molar-refractivity contribution in [3.63, 3.8) is 0 Å². The van der Waals surface area contributed by atoms with Crippen LogP contribution >= 0.6 is 0 Å². The van der Waals surface area contributed by atoms with Gasteiger partial charge in [0.1, 0.15) is 17.7 Å². The summed E-state index contributed by atoms with van der Waals surface area (Å²) < 4.78 is 21.2. The molecule has 2 aromatic heterocycles. The monoisotopic (exact) mass is 463 g/mol. The molecule has 3 heterocycles. The van der Waals surface area contributed by atoms with Crippen molar-refractivity contribution in [1.82, 2.24) is 19.4 Å². The number of halogens is 1. The molecule has 34 heavy (non-hydrogen) atoms. The molecule has 178 valence electrons. The van der Waals surface area contributed by atoms with Crippen LogP contribution in [0.1, 0.15) is 43.9 Å². The van der Waals surface area contributed by atoms with Gasteiger partial charge < -0.3 is 19.5 Å². The van der Waals surface area contributed by atoms with E-state index < -0.39 is 0 Å². The number of aromatic nitrogens is 3. The predicted molar refractivity (Wildman–Crippen MR) is 128 cm³/mol. The maximum absolute atomic E-state index is 13.3. The minimum atomic E-state index is -0.269. The largest absolute Gasteiger partial charge is 0.368 e. The van der Waals surface area contributed by atoms with Gasteiger partial charge in [0.25, 0.3) is 0 Å². The Balaban J connectivity index is 1.28. The molecule has 1 amide bonds. The standard InChI is InChI=1S/C26H30FN5O2/c1-31-22(18-10-12-20(27)13-11-18)16-28-26(31)30-24-9-5-8-21(29-24)23-17-32(14-15-34-23)25(33)19-6-3-2-4-7-19/h5,8-13,16,19,23H,2-4,6-7,14-15,17H2,1H3,(H,28,29,30)/t23-/m1/s1. The maximum Gasteiger partial charge on any atom is 0.225 e. The number of carbonyl (C=O) groups is 1. The Morgan fingerprint density at radius 3 is 2.71 bits per heavy atom. The lowest BCUT2D eigenvalue weighted by Gasteiger charge is -2.35. The van der Waals surface area contributed by atoms with Gasteiger partial charge in [-0.1, -0.05) is 25.3 Å². The van der Waals surface area contributed by atoms with Gasteiger partial charge in [0.15, 0.2) is 0 Å². The van der Waals surface area contributed by atoms with Crippen LogP contribution in [0.25, 0.3) is 11.3 Å². The first-order chi connectivity index (χ1) is 16.6. The summed E-state index contributed by atoms with van der Waals surface area (Å²) in [6.45, 7) is 1.69. The third-order valence-electron chi connectivity index (χ3n) is 6.80. The maximum atomic E-state index is 13.3. The third-order valence-corrected chi connectivity index (χ3v) is 6.80. The fraction of sp³-hybridized carbons (Fsp3) is 0.423. The normalized spacial score (nSPS) is 19.2. The Hall–Kier alpha value is -3.26. The first-order valence-corrected chi connectivity index (χ1v) is 12.0. The van der Waals surface area contributed by atoms with E-state index in [0.29, 0.717) is 31.5 Å². The fourth-order valence-corrected chi connectivity index (χ4v) is 4.87. The minimum absolute atomic E-state index is 0.159. The molecule has 0 unspecified atom stereocenters. The highest BCUT2D eigenvalue weighted by atomic mass is 19.1. The van der Waals surface area contributed by atoms with Gasteiger partial charge in [0, 0.05) is 25.1 Å². The van der Waals surface area contributed by atoms with Crippen molar-refractivity contribution in [1.29, 1.82) is 0 Å². The molecule has 1 atom stereocenters. The molecule has 1 saturated carbocycles. The zero-order chi connectivity index (χ0) is 23.5. The summed E-state index contributed by atoms with van der Waals surface area (Å²) in [4.78, 5) is 24.2. The topological polar surface area (TPSA) is 72.3 Å². The van der Waals surface area contributed by atoms with Gasteiger partial charge in [-0.3, -0.25) is 4.79 Å². The van der Waals surface area contributed by atoms with Crippen LogP contribution in [-0.2, 0) is 16.6 Å². The van der Waals surface area contributed by atoms with E-state index in [-0.39, 0.29) is 23.7 Å². The summed E-state index contributed by atoms with van der Waals surface area (Å²) in [6, 6.07) is 12.1. The predicted octanol–water partition coefficient (Wildman–Crippen LogP) is 4.85. The third kappa shape index (κ3) is 4.82. The number of carbonyl (C=O) groups excluding carboxylic acids is 1. The number of nitrogens with one attached hydrogen (secondary N) is 1. The summed E-state index contributed by atoms with van der Waals surface area (Å²) in [6.07, 6.45) is 7.04. The van der Waals surface area contributed by atoms with Gasteiger partial charge in [0.05, 0.1) is 30.7 Å². The average molecular weight is 464 g/mol. The number of nitrogens with zero attached hydrogens (tertiary/aromatic N) is 4. The van der Waals surface area contributed by atoms with Crippen molar-refractivity contribution < 1.29 is 13.9 Å². The van der Waals surface area contributed by atoms with Gasteiger partial charge in [0.2, 0.25) is 11.9 Å². The van der Waals surface area contributed by atoms with Gasteiger partial charge in [-0.2, -0.15) is 0 Å². The summed E-state index contributed by atoms with van der Waals surface area (Å²) in [5.74, 6) is 1.43. The highest BCUT2D eigenvalue weighted by Crippen LogP contribution is 2.29. The molecule has 1 aliphatic carbocycles. The molecule has 8 heteroatoms. The fourth-order valence-electron chi connectivity index (χ4n) is 4.87. The van der Waals surface area contributed by atoms with Crippen LogP contribution in [-0.4, -0.2) is 45.0 Å². The Morgan fingerprint density at radius 2 is 1.91 bits per heavy atom. The first kappa shape index (κ1) is 22.5. The Morgan fingerprint density at radius 1 is 1.12 bits per heavy atom. The van der Waals surface area contributed by atoms with E-state index in [4.69, 9.17) is 9.72 Å². The van der Waals surface area contributed by atoms with Crippen molar-refractivity contribution >= 4 is 17.7 Å². The molecule has 0 bridgehead atoms. The van der Waals surface area contributed by atoms with Crippen molar-refractivity contribution in [3.8, 4) is 11.3 Å². The van der Waals surface area contributed by atoms with Crippen molar-refractivity contribution in [3.05, 3.63) is 60.2 Å². The van der Waals surface area contributed by atoms with E-state index in [1.165, 1.54) is 18.6 Å². The van der Waals surface area contributed by atoms with E-state index in [1.807, 2.05) is 34.7 Å². The lowest BCUT2D eigenvalue weighted by atomic mass is 9.88. The van der Waals surface area contributed by atoms with Crippen LogP contribution in [0.3, 0.4) is 0 Å². The molecule has 1 N–H and O–H groups in total. The molecule has 0 radical (unpaired) electrons. The molecular weight excluding hydrogens is 433 g/mol. The number of rotatable bonds is 5. The molecular formula is C26H30FN5O2. The number of pyridine rings is 1. The Kier molecular flexibility index (Phi) is 6.58. The lowest BCUT2D eigenvalue weighted by molar-refractivity contribution is -0.144. The lowest BCUT2D eigenvalue weighted by Crippen LogP contribution is -2.45. The zero-order valence-corrected chi connectivity index (χ0v) is 19.4. The number of hydrogen-bond donors (Lipinski definition) is 1. The SMILES string of the molecule is Cn1c(-c2ccc(F)cc2)cnc1Nc1cccc([C@H]2CN(C(=O)C3CCCCC3)CCO2)n1. The summed E-state index contributed by atoms with van der Waals surface area (Å²) in [7, 11) is 1.90. The van der Waals surface area contributed by atoms with Crippen LogP contribution < -0.4 is 5.32 Å². The molecule has 2 fully saturated rings. The van der Waals surface area contributed by atoms with E-state index >= 15 is 0 Å². The molecule has 1 aliphatic heterocycles. The zero-order valence-electron chi connectivity index (χ0n) is 19.4. The van der Waals surface area contributed by atoms with E-state index in [1.54, 1.807) is 18.3 Å². The van der Waals surface area contributed by atoms with Crippen LogP contribution in [0.5, 0.6) is 0 Å². The van der Waals surface area contributed by atoms with Crippen molar-refractivity contribution in [2.45, 2.75) is 38.2 Å². The van der Waals surface area contributed by atoms with Crippen LogP contribution in [0.4, 0.5) is 16.2 Å². The number of hydrogen-bond acceptors (Lipinski definition) is 5. The highest BCUT2D eigenvalue weighted by molar-refractivity contribution is 5.79. The second-order valence-corrected chi connectivity index (χ2v) is 9.08. The van der Waals surface area contributed by atoms with Crippen LogP contribution in [0.15, 0.2) is 48.7 Å². The Labute approximate surface area is 199 Å². The molecule has 0 spiro atoms. The van der Waals surface area contributed by atoms with Crippen LogP contribution in [0.2, 0.25) is 0 Å². The summed E-state index contributed by atoms with van der Waals surface area (Å²) in [5, 5.41) is 3.27. The smallest absolute Gasteiger partial charge is 0.225 e. The molecule has 1 saturated heterocycles. The molecule has 1 aromatic carbocycles. The number of anilines is 2. The number of imidazole rings is 1. The van der Waals surface area contributed by atoms with Gasteiger partial charge >= 0.3 is 0 Å². The van der Waals surface area contributed by atoms with Gasteiger partial charge in [-0.15, -0.1) is 0 Å². The second kappa shape index (κ2) is 9.93. The van der Waals surface area contributed by atoms with E-state index in [2.05, 4.69) is 10.3 Å². The van der Waals surface area contributed by atoms with E-state index in [0.717, 1.165) is 42.6 Å². The quantitative estimate of drug-likeness (QED) is 0.586. The number of ether oxygens (including phenoxy) is 1.